The molecule has 1 aromatic rings. The summed E-state index contributed by atoms with van der Waals surface area (Å²) in [7, 11) is -3.56. The zero-order chi connectivity index (χ0) is 15.9. The summed E-state index contributed by atoms with van der Waals surface area (Å²) in [4.78, 5) is 8.17. The van der Waals surface area contributed by atoms with E-state index < -0.39 is 10.0 Å². The Hall–Kier alpha value is -1.21. The van der Waals surface area contributed by atoms with Crippen molar-refractivity contribution in [1.82, 2.24) is 14.7 Å². The normalized spacial score (nSPS) is 13.4. The van der Waals surface area contributed by atoms with E-state index in [9.17, 15) is 8.42 Å². The third kappa shape index (κ3) is 5.24. The van der Waals surface area contributed by atoms with E-state index in [4.69, 9.17) is 0 Å². The van der Waals surface area contributed by atoms with Crippen LogP contribution in [0.3, 0.4) is 0 Å². The fourth-order valence-electron chi connectivity index (χ4n) is 2.19. The van der Waals surface area contributed by atoms with Gasteiger partial charge in [0.05, 0.1) is 12.4 Å². The molecule has 2 N–H and O–H groups in total. The van der Waals surface area contributed by atoms with Gasteiger partial charge in [0.25, 0.3) is 0 Å². The molecule has 1 atom stereocenters. The summed E-state index contributed by atoms with van der Waals surface area (Å²) in [5, 5.41) is 3.01. The molecule has 0 fully saturated rings. The Bertz CT molecular complexity index is 512. The summed E-state index contributed by atoms with van der Waals surface area (Å²) < 4.78 is 27.3. The van der Waals surface area contributed by atoms with Crippen LogP contribution in [0.25, 0.3) is 0 Å². The van der Waals surface area contributed by atoms with Crippen LogP contribution < -0.4 is 10.0 Å². The highest BCUT2D eigenvalue weighted by Gasteiger charge is 2.22. The molecule has 0 aromatic carbocycles. The molecule has 0 radical (unpaired) electrons. The van der Waals surface area contributed by atoms with Gasteiger partial charge in [0.15, 0.2) is 0 Å². The predicted molar refractivity (Wildman–Crippen MR) is 84.7 cm³/mol. The van der Waals surface area contributed by atoms with Gasteiger partial charge < -0.3 is 5.32 Å². The largest absolute Gasteiger partial charge is 0.354 e. The van der Waals surface area contributed by atoms with Gasteiger partial charge in [-0.25, -0.2) is 23.1 Å². The molecule has 7 heteroatoms. The second-order valence-electron chi connectivity index (χ2n) is 5.16. The number of nitrogens with one attached hydrogen (secondary N) is 2. The highest BCUT2D eigenvalue weighted by molar-refractivity contribution is 7.89. The van der Waals surface area contributed by atoms with Crippen molar-refractivity contribution in [2.24, 2.45) is 5.92 Å². The highest BCUT2D eigenvalue weighted by atomic mass is 32.2. The van der Waals surface area contributed by atoms with Crippen molar-refractivity contribution in [3.63, 3.8) is 0 Å². The zero-order valence-corrected chi connectivity index (χ0v) is 14.1. The minimum absolute atomic E-state index is 0.0994. The number of aromatic nitrogens is 2. The Morgan fingerprint density at radius 3 is 2.19 bits per heavy atom. The average Bonchev–Trinajstić information content (AvgIpc) is 2.46. The maximum atomic E-state index is 12.3. The van der Waals surface area contributed by atoms with Crippen molar-refractivity contribution < 1.29 is 8.42 Å². The van der Waals surface area contributed by atoms with Crippen LogP contribution in [0, 0.1) is 5.92 Å². The Morgan fingerprint density at radius 2 is 1.71 bits per heavy atom. The first-order chi connectivity index (χ1) is 9.94. The monoisotopic (exact) mass is 314 g/mol. The van der Waals surface area contributed by atoms with Gasteiger partial charge in [0.1, 0.15) is 4.90 Å². The number of hydrogen-bond donors (Lipinski definition) is 2. The molecule has 0 saturated heterocycles. The lowest BCUT2D eigenvalue weighted by Crippen LogP contribution is -2.37. The van der Waals surface area contributed by atoms with E-state index in [1.54, 1.807) is 0 Å². The molecule has 21 heavy (non-hydrogen) atoms. The van der Waals surface area contributed by atoms with Crippen LogP contribution in [0.15, 0.2) is 17.3 Å². The van der Waals surface area contributed by atoms with Crippen molar-refractivity contribution in [3.05, 3.63) is 12.4 Å². The third-order valence-electron chi connectivity index (χ3n) is 3.57. The lowest BCUT2D eigenvalue weighted by atomic mass is 9.96. The molecule has 1 heterocycles. The Balaban J connectivity index is 2.78. The number of rotatable bonds is 9. The Kier molecular flexibility index (Phi) is 7.04. The number of nitrogens with zero attached hydrogens (tertiary/aromatic N) is 2. The maximum Gasteiger partial charge on any atom is 0.243 e. The van der Waals surface area contributed by atoms with Crippen molar-refractivity contribution >= 4 is 16.0 Å². The SMILES string of the molecule is CCCNc1ncc(S(=O)(=O)NC(C)C(CC)CC)cn1. The summed E-state index contributed by atoms with van der Waals surface area (Å²) in [6, 6.07) is -0.108. The molecule has 0 aliphatic rings. The van der Waals surface area contributed by atoms with Gasteiger partial charge in [-0.15, -0.1) is 0 Å². The molecule has 0 aliphatic heterocycles. The summed E-state index contributed by atoms with van der Waals surface area (Å²) in [6.45, 7) is 8.82. The van der Waals surface area contributed by atoms with Gasteiger partial charge in [-0.05, 0) is 19.3 Å². The minimum atomic E-state index is -3.56. The van der Waals surface area contributed by atoms with Crippen molar-refractivity contribution in [1.29, 1.82) is 0 Å². The summed E-state index contributed by atoms with van der Waals surface area (Å²) in [6.07, 6.45) is 5.52. The number of anilines is 1. The van der Waals surface area contributed by atoms with Gasteiger partial charge in [0.2, 0.25) is 16.0 Å². The molecule has 1 rings (SSSR count). The van der Waals surface area contributed by atoms with Crippen molar-refractivity contribution in [3.8, 4) is 0 Å². The van der Waals surface area contributed by atoms with Crippen LogP contribution >= 0.6 is 0 Å². The first-order valence-electron chi connectivity index (χ1n) is 7.52. The Morgan fingerprint density at radius 1 is 1.14 bits per heavy atom. The molecular formula is C14H26N4O2S. The predicted octanol–water partition coefficient (Wildman–Crippen LogP) is 2.40. The van der Waals surface area contributed by atoms with Crippen molar-refractivity contribution in [2.75, 3.05) is 11.9 Å². The maximum absolute atomic E-state index is 12.3. The molecular weight excluding hydrogens is 288 g/mol. The van der Waals surface area contributed by atoms with Crippen molar-refractivity contribution in [2.45, 2.75) is 57.9 Å². The summed E-state index contributed by atoms with van der Waals surface area (Å²) in [5.41, 5.74) is 0. The molecule has 120 valence electrons. The van der Waals surface area contributed by atoms with Crippen LogP contribution in [-0.4, -0.2) is 31.0 Å². The zero-order valence-electron chi connectivity index (χ0n) is 13.3. The number of sulfonamides is 1. The smallest absolute Gasteiger partial charge is 0.243 e. The molecule has 0 saturated carbocycles. The quantitative estimate of drug-likeness (QED) is 0.731. The molecule has 1 unspecified atom stereocenters. The van der Waals surface area contributed by atoms with E-state index in [2.05, 4.69) is 33.9 Å². The lowest BCUT2D eigenvalue weighted by Gasteiger charge is -2.22. The van der Waals surface area contributed by atoms with E-state index in [0.29, 0.717) is 11.9 Å². The molecule has 1 aromatic heterocycles. The van der Waals surface area contributed by atoms with E-state index in [0.717, 1.165) is 25.8 Å². The van der Waals surface area contributed by atoms with Gasteiger partial charge in [-0.3, -0.25) is 0 Å². The van der Waals surface area contributed by atoms with E-state index in [-0.39, 0.29) is 10.9 Å². The molecule has 0 aliphatic carbocycles. The van der Waals surface area contributed by atoms with E-state index in [1.807, 2.05) is 13.8 Å². The third-order valence-corrected chi connectivity index (χ3v) is 5.08. The summed E-state index contributed by atoms with van der Waals surface area (Å²) >= 11 is 0. The first kappa shape index (κ1) is 17.8. The van der Waals surface area contributed by atoms with E-state index >= 15 is 0 Å². The second kappa shape index (κ2) is 8.29. The minimum Gasteiger partial charge on any atom is -0.354 e. The Labute approximate surface area is 127 Å². The lowest BCUT2D eigenvalue weighted by molar-refractivity contribution is 0.390. The van der Waals surface area contributed by atoms with Crippen LogP contribution in [0.2, 0.25) is 0 Å². The first-order valence-corrected chi connectivity index (χ1v) is 9.01. The van der Waals surface area contributed by atoms with Crippen LogP contribution in [-0.2, 0) is 10.0 Å². The van der Waals surface area contributed by atoms with E-state index in [1.165, 1.54) is 12.4 Å². The fraction of sp³-hybridized carbons (Fsp3) is 0.714. The fourth-order valence-corrected chi connectivity index (χ4v) is 3.39. The van der Waals surface area contributed by atoms with Crippen LogP contribution in [0.1, 0.15) is 47.0 Å². The molecule has 0 bridgehead atoms. The van der Waals surface area contributed by atoms with Gasteiger partial charge in [0, 0.05) is 12.6 Å². The summed E-state index contributed by atoms with van der Waals surface area (Å²) in [5.74, 6) is 0.773. The highest BCUT2D eigenvalue weighted by Crippen LogP contribution is 2.16. The molecule has 6 nitrogen and oxygen atoms in total. The van der Waals surface area contributed by atoms with Crippen LogP contribution in [0.5, 0.6) is 0 Å². The molecule has 0 amide bonds. The molecule has 0 spiro atoms. The topological polar surface area (TPSA) is 84.0 Å². The average molecular weight is 314 g/mol. The van der Waals surface area contributed by atoms with Crippen LogP contribution in [0.4, 0.5) is 5.95 Å². The van der Waals surface area contributed by atoms with Gasteiger partial charge in [-0.2, -0.15) is 0 Å². The van der Waals surface area contributed by atoms with Gasteiger partial charge in [-0.1, -0.05) is 33.6 Å². The number of hydrogen-bond acceptors (Lipinski definition) is 5. The second-order valence-corrected chi connectivity index (χ2v) is 6.87. The standard InChI is InChI=1S/C14H26N4O2S/c1-5-8-15-14-16-9-13(10-17-14)21(19,20)18-11(4)12(6-2)7-3/h9-12,18H,5-8H2,1-4H3,(H,15,16,17). The van der Waals surface area contributed by atoms with Gasteiger partial charge >= 0.3 is 0 Å².